The van der Waals surface area contributed by atoms with E-state index in [-0.39, 0.29) is 5.92 Å². The lowest BCUT2D eigenvalue weighted by molar-refractivity contribution is 0.141. The molecule has 1 aromatic heterocycles. The van der Waals surface area contributed by atoms with Gasteiger partial charge in [0.1, 0.15) is 0 Å². The number of benzene rings is 1. The predicted molar refractivity (Wildman–Crippen MR) is 69.2 cm³/mol. The number of nitrogens with zero attached hydrogens (tertiary/aromatic N) is 2. The molecule has 0 aliphatic rings. The van der Waals surface area contributed by atoms with Crippen molar-refractivity contribution in [2.75, 3.05) is 0 Å². The van der Waals surface area contributed by atoms with Crippen LogP contribution in [0.2, 0.25) is 0 Å². The molecule has 0 aliphatic carbocycles. The molecule has 1 aromatic carbocycles. The summed E-state index contributed by atoms with van der Waals surface area (Å²) in [6.45, 7) is 5.75. The highest BCUT2D eigenvalue weighted by Crippen LogP contribution is 2.25. The smallest absolute Gasteiger partial charge is 0.232 e. The van der Waals surface area contributed by atoms with Crippen molar-refractivity contribution in [3.63, 3.8) is 0 Å². The monoisotopic (exact) mass is 246 g/mol. The van der Waals surface area contributed by atoms with Gasteiger partial charge in [-0.1, -0.05) is 36.3 Å². The zero-order valence-corrected chi connectivity index (χ0v) is 10.9. The van der Waals surface area contributed by atoms with Gasteiger partial charge in [0.2, 0.25) is 11.7 Å². The summed E-state index contributed by atoms with van der Waals surface area (Å²) in [7, 11) is 0. The van der Waals surface area contributed by atoms with Crippen molar-refractivity contribution < 1.29 is 9.63 Å². The quantitative estimate of drug-likeness (QED) is 0.901. The SMILES string of the molecule is CCC(c1nc(-c2ccccc2C)no1)C(C)O. The van der Waals surface area contributed by atoms with Gasteiger partial charge >= 0.3 is 0 Å². The first-order chi connectivity index (χ1) is 8.63. The van der Waals surface area contributed by atoms with Gasteiger partial charge in [0.15, 0.2) is 0 Å². The Morgan fingerprint density at radius 2 is 2.06 bits per heavy atom. The molecule has 18 heavy (non-hydrogen) atoms. The third-order valence-corrected chi connectivity index (χ3v) is 3.17. The summed E-state index contributed by atoms with van der Waals surface area (Å²) < 4.78 is 5.27. The number of hydrogen-bond acceptors (Lipinski definition) is 4. The van der Waals surface area contributed by atoms with Crippen LogP contribution >= 0.6 is 0 Å². The molecule has 0 spiro atoms. The van der Waals surface area contributed by atoms with Crippen LogP contribution in [0, 0.1) is 6.92 Å². The van der Waals surface area contributed by atoms with Crippen LogP contribution in [0.3, 0.4) is 0 Å². The van der Waals surface area contributed by atoms with E-state index in [9.17, 15) is 5.11 Å². The van der Waals surface area contributed by atoms with Crippen molar-refractivity contribution >= 4 is 0 Å². The van der Waals surface area contributed by atoms with E-state index in [1.54, 1.807) is 6.92 Å². The van der Waals surface area contributed by atoms with Crippen LogP contribution in [0.15, 0.2) is 28.8 Å². The summed E-state index contributed by atoms with van der Waals surface area (Å²) in [6, 6.07) is 7.90. The first-order valence-electron chi connectivity index (χ1n) is 6.21. The minimum Gasteiger partial charge on any atom is -0.393 e. The average molecular weight is 246 g/mol. The highest BCUT2D eigenvalue weighted by Gasteiger charge is 2.22. The Morgan fingerprint density at radius 1 is 1.33 bits per heavy atom. The molecule has 2 unspecified atom stereocenters. The Balaban J connectivity index is 2.34. The average Bonchev–Trinajstić information content (AvgIpc) is 2.79. The van der Waals surface area contributed by atoms with Gasteiger partial charge in [0.25, 0.3) is 0 Å². The van der Waals surface area contributed by atoms with Gasteiger partial charge < -0.3 is 9.63 Å². The Hall–Kier alpha value is -1.68. The summed E-state index contributed by atoms with van der Waals surface area (Å²) in [5, 5.41) is 13.7. The summed E-state index contributed by atoms with van der Waals surface area (Å²) in [5.74, 6) is 0.989. The van der Waals surface area contributed by atoms with Crippen molar-refractivity contribution in [2.24, 2.45) is 0 Å². The van der Waals surface area contributed by atoms with Crippen LogP contribution in [0.5, 0.6) is 0 Å². The number of aliphatic hydroxyl groups excluding tert-OH is 1. The Bertz CT molecular complexity index is 520. The van der Waals surface area contributed by atoms with Gasteiger partial charge in [-0.3, -0.25) is 0 Å². The molecule has 2 rings (SSSR count). The standard InChI is InChI=1S/C14H18N2O2/c1-4-11(10(3)17)14-15-13(16-18-14)12-8-6-5-7-9(12)2/h5-8,10-11,17H,4H2,1-3H3. The molecule has 0 aliphatic heterocycles. The van der Waals surface area contributed by atoms with E-state index in [4.69, 9.17) is 4.52 Å². The maximum Gasteiger partial charge on any atom is 0.232 e. The fraction of sp³-hybridized carbons (Fsp3) is 0.429. The normalized spacial score (nSPS) is 14.4. The zero-order chi connectivity index (χ0) is 13.1. The van der Waals surface area contributed by atoms with E-state index in [1.165, 1.54) is 0 Å². The summed E-state index contributed by atoms with van der Waals surface area (Å²) in [5.41, 5.74) is 2.07. The maximum absolute atomic E-state index is 9.67. The minimum atomic E-state index is -0.486. The van der Waals surface area contributed by atoms with Gasteiger partial charge in [-0.2, -0.15) is 4.98 Å². The van der Waals surface area contributed by atoms with E-state index in [2.05, 4.69) is 10.1 Å². The molecule has 4 nitrogen and oxygen atoms in total. The predicted octanol–water partition coefficient (Wildman–Crippen LogP) is 2.92. The Kier molecular flexibility index (Phi) is 3.77. The van der Waals surface area contributed by atoms with E-state index in [0.29, 0.717) is 11.7 Å². The van der Waals surface area contributed by atoms with Crippen LogP contribution in [-0.4, -0.2) is 21.4 Å². The van der Waals surface area contributed by atoms with Crippen molar-refractivity contribution in [2.45, 2.75) is 39.2 Å². The molecule has 0 amide bonds. The van der Waals surface area contributed by atoms with Crippen LogP contribution in [0.4, 0.5) is 0 Å². The van der Waals surface area contributed by atoms with Crippen LogP contribution < -0.4 is 0 Å². The molecule has 0 saturated heterocycles. The molecule has 0 bridgehead atoms. The molecule has 0 fully saturated rings. The second-order valence-corrected chi connectivity index (χ2v) is 4.53. The Morgan fingerprint density at radius 3 is 2.67 bits per heavy atom. The van der Waals surface area contributed by atoms with Crippen LogP contribution in [0.1, 0.15) is 37.6 Å². The fourth-order valence-electron chi connectivity index (χ4n) is 2.04. The third-order valence-electron chi connectivity index (χ3n) is 3.17. The largest absolute Gasteiger partial charge is 0.393 e. The number of hydrogen-bond donors (Lipinski definition) is 1. The van der Waals surface area contributed by atoms with Crippen molar-refractivity contribution in [3.8, 4) is 11.4 Å². The van der Waals surface area contributed by atoms with E-state index < -0.39 is 6.10 Å². The number of aromatic nitrogens is 2. The number of rotatable bonds is 4. The molecule has 4 heteroatoms. The fourth-order valence-corrected chi connectivity index (χ4v) is 2.04. The van der Waals surface area contributed by atoms with Gasteiger partial charge in [0.05, 0.1) is 12.0 Å². The molecule has 2 aromatic rings. The van der Waals surface area contributed by atoms with Crippen molar-refractivity contribution in [1.82, 2.24) is 10.1 Å². The molecule has 0 saturated carbocycles. The van der Waals surface area contributed by atoms with Gasteiger partial charge in [-0.25, -0.2) is 0 Å². The molecular formula is C14H18N2O2. The molecule has 1 N–H and O–H groups in total. The maximum atomic E-state index is 9.67. The van der Waals surface area contributed by atoms with Crippen molar-refractivity contribution in [1.29, 1.82) is 0 Å². The van der Waals surface area contributed by atoms with Crippen molar-refractivity contribution in [3.05, 3.63) is 35.7 Å². The van der Waals surface area contributed by atoms with Crippen LogP contribution in [0.25, 0.3) is 11.4 Å². The van der Waals surface area contributed by atoms with Gasteiger partial charge in [-0.15, -0.1) is 0 Å². The summed E-state index contributed by atoms with van der Waals surface area (Å²) in [6.07, 6.45) is 0.285. The van der Waals surface area contributed by atoms with E-state index in [0.717, 1.165) is 17.5 Å². The highest BCUT2D eigenvalue weighted by atomic mass is 16.5. The first kappa shape index (κ1) is 12.8. The minimum absolute atomic E-state index is 0.102. The zero-order valence-electron chi connectivity index (χ0n) is 10.9. The topological polar surface area (TPSA) is 59.2 Å². The van der Waals surface area contributed by atoms with Gasteiger partial charge in [-0.05, 0) is 25.8 Å². The molecule has 2 atom stereocenters. The second-order valence-electron chi connectivity index (χ2n) is 4.53. The molecule has 0 radical (unpaired) electrons. The number of aliphatic hydroxyl groups is 1. The van der Waals surface area contributed by atoms with Crippen LogP contribution in [-0.2, 0) is 0 Å². The molecular weight excluding hydrogens is 228 g/mol. The summed E-state index contributed by atoms with van der Waals surface area (Å²) >= 11 is 0. The lowest BCUT2D eigenvalue weighted by Gasteiger charge is -2.12. The van der Waals surface area contributed by atoms with E-state index >= 15 is 0 Å². The lowest BCUT2D eigenvalue weighted by Crippen LogP contribution is -2.14. The van der Waals surface area contributed by atoms with Gasteiger partial charge in [0, 0.05) is 5.56 Å². The first-order valence-corrected chi connectivity index (χ1v) is 6.21. The Labute approximate surface area is 107 Å². The van der Waals surface area contributed by atoms with E-state index in [1.807, 2.05) is 38.1 Å². The third kappa shape index (κ3) is 2.43. The summed E-state index contributed by atoms with van der Waals surface area (Å²) in [4.78, 5) is 4.40. The molecule has 1 heterocycles. The highest BCUT2D eigenvalue weighted by molar-refractivity contribution is 5.58. The molecule has 96 valence electrons. The number of aryl methyl sites for hydroxylation is 1. The second kappa shape index (κ2) is 5.31. The lowest BCUT2D eigenvalue weighted by atomic mass is 10.0.